The number of fused-ring (bicyclic) bond motifs is 2. The average molecular weight is 286 g/mol. The van der Waals surface area contributed by atoms with Gasteiger partial charge < -0.3 is 10.1 Å². The molecule has 2 aliphatic heterocycles. The molecule has 2 saturated heterocycles. The smallest absolute Gasteiger partial charge is 0.0809 e. The van der Waals surface area contributed by atoms with Gasteiger partial charge in [-0.2, -0.15) is 0 Å². The van der Waals surface area contributed by atoms with Crippen LogP contribution in [0.4, 0.5) is 0 Å². The number of methoxy groups -OCH3 is 1. The topological polar surface area (TPSA) is 21.3 Å². The first-order chi connectivity index (χ1) is 8.65. The SMILES string of the molecule is COC1CC2CCCC1(c1ccc(Cl)c(Cl)c1)N2. The van der Waals surface area contributed by atoms with E-state index in [1.54, 1.807) is 7.11 Å². The van der Waals surface area contributed by atoms with Gasteiger partial charge in [-0.15, -0.1) is 0 Å². The molecule has 1 aromatic carbocycles. The van der Waals surface area contributed by atoms with Crippen LogP contribution in [0, 0.1) is 0 Å². The molecule has 3 rings (SSSR count). The molecule has 0 spiro atoms. The summed E-state index contributed by atoms with van der Waals surface area (Å²) in [6.07, 6.45) is 4.87. The van der Waals surface area contributed by atoms with Crippen LogP contribution in [0.15, 0.2) is 18.2 Å². The maximum absolute atomic E-state index is 6.16. The molecule has 4 heteroatoms. The van der Waals surface area contributed by atoms with Crippen LogP contribution in [0.25, 0.3) is 0 Å². The molecule has 3 unspecified atom stereocenters. The summed E-state index contributed by atoms with van der Waals surface area (Å²) in [4.78, 5) is 0. The predicted molar refractivity (Wildman–Crippen MR) is 74.3 cm³/mol. The lowest BCUT2D eigenvalue weighted by atomic mass is 9.81. The Morgan fingerprint density at radius 3 is 2.89 bits per heavy atom. The minimum absolute atomic E-state index is 0.0775. The largest absolute Gasteiger partial charge is 0.379 e. The Bertz CT molecular complexity index is 465. The highest BCUT2D eigenvalue weighted by Gasteiger charge is 2.50. The van der Waals surface area contributed by atoms with Gasteiger partial charge in [0.1, 0.15) is 0 Å². The van der Waals surface area contributed by atoms with Crippen molar-refractivity contribution in [3.8, 4) is 0 Å². The van der Waals surface area contributed by atoms with Gasteiger partial charge in [0.15, 0.2) is 0 Å². The van der Waals surface area contributed by atoms with Gasteiger partial charge in [0, 0.05) is 13.2 Å². The summed E-state index contributed by atoms with van der Waals surface area (Å²) in [5, 5.41) is 4.97. The van der Waals surface area contributed by atoms with E-state index in [2.05, 4.69) is 11.4 Å². The Hall–Kier alpha value is -0.280. The third-order valence-corrected chi connectivity index (χ3v) is 5.09. The molecular formula is C14H17Cl2NO. The first kappa shape index (κ1) is 12.7. The molecule has 2 nitrogen and oxygen atoms in total. The van der Waals surface area contributed by atoms with Crippen LogP contribution in [0.1, 0.15) is 31.2 Å². The Morgan fingerprint density at radius 1 is 1.33 bits per heavy atom. The monoisotopic (exact) mass is 285 g/mol. The second-order valence-electron chi connectivity index (χ2n) is 5.29. The first-order valence-corrected chi connectivity index (χ1v) is 7.17. The zero-order valence-electron chi connectivity index (χ0n) is 10.4. The number of nitrogens with one attached hydrogen (secondary N) is 1. The summed E-state index contributed by atoms with van der Waals surface area (Å²) in [6, 6.07) is 6.50. The normalized spacial score (nSPS) is 34.8. The molecular weight excluding hydrogens is 269 g/mol. The molecule has 2 aliphatic rings. The number of hydrogen-bond donors (Lipinski definition) is 1. The Balaban J connectivity index is 2.04. The lowest BCUT2D eigenvalue weighted by Gasteiger charge is -2.38. The summed E-state index contributed by atoms with van der Waals surface area (Å²) in [7, 11) is 1.80. The van der Waals surface area contributed by atoms with Crippen molar-refractivity contribution in [2.75, 3.05) is 7.11 Å². The van der Waals surface area contributed by atoms with Gasteiger partial charge in [-0.1, -0.05) is 29.3 Å². The van der Waals surface area contributed by atoms with E-state index >= 15 is 0 Å². The van der Waals surface area contributed by atoms with Gasteiger partial charge in [0.25, 0.3) is 0 Å². The van der Waals surface area contributed by atoms with Crippen LogP contribution in [0.2, 0.25) is 10.0 Å². The van der Waals surface area contributed by atoms with E-state index in [-0.39, 0.29) is 11.6 Å². The maximum atomic E-state index is 6.16. The maximum Gasteiger partial charge on any atom is 0.0809 e. The first-order valence-electron chi connectivity index (χ1n) is 6.42. The molecule has 0 aromatic heterocycles. The summed E-state index contributed by atoms with van der Waals surface area (Å²) in [5.41, 5.74) is 1.12. The minimum Gasteiger partial charge on any atom is -0.379 e. The number of piperidine rings is 1. The molecule has 1 aromatic rings. The Labute approximate surface area is 118 Å². The highest BCUT2D eigenvalue weighted by atomic mass is 35.5. The van der Waals surface area contributed by atoms with Crippen molar-refractivity contribution in [2.45, 2.75) is 43.4 Å². The van der Waals surface area contributed by atoms with Gasteiger partial charge in [-0.05, 0) is 43.4 Å². The van der Waals surface area contributed by atoms with E-state index in [1.165, 1.54) is 18.4 Å². The molecule has 0 radical (unpaired) electrons. The summed E-state index contributed by atoms with van der Waals surface area (Å²) < 4.78 is 5.71. The summed E-state index contributed by atoms with van der Waals surface area (Å²) in [5.74, 6) is 0. The average Bonchev–Trinajstić information content (AvgIpc) is 2.64. The molecule has 2 bridgehead atoms. The quantitative estimate of drug-likeness (QED) is 0.894. The van der Waals surface area contributed by atoms with E-state index in [0.717, 1.165) is 12.8 Å². The van der Waals surface area contributed by atoms with E-state index in [0.29, 0.717) is 16.1 Å². The van der Waals surface area contributed by atoms with E-state index in [9.17, 15) is 0 Å². The van der Waals surface area contributed by atoms with Crippen molar-refractivity contribution in [3.05, 3.63) is 33.8 Å². The third kappa shape index (κ3) is 1.87. The second kappa shape index (κ2) is 4.68. The van der Waals surface area contributed by atoms with Crippen LogP contribution >= 0.6 is 23.2 Å². The number of benzene rings is 1. The van der Waals surface area contributed by atoms with E-state index in [1.807, 2.05) is 12.1 Å². The van der Waals surface area contributed by atoms with E-state index < -0.39 is 0 Å². The lowest BCUT2D eigenvalue weighted by Crippen LogP contribution is -2.49. The number of hydrogen-bond acceptors (Lipinski definition) is 2. The summed E-state index contributed by atoms with van der Waals surface area (Å²) in [6.45, 7) is 0. The highest BCUT2D eigenvalue weighted by Crippen LogP contribution is 2.45. The molecule has 0 amide bonds. The van der Waals surface area contributed by atoms with Crippen LogP contribution in [-0.2, 0) is 10.3 Å². The van der Waals surface area contributed by atoms with Gasteiger partial charge >= 0.3 is 0 Å². The zero-order valence-corrected chi connectivity index (χ0v) is 11.9. The fraction of sp³-hybridized carbons (Fsp3) is 0.571. The standard InChI is InChI=1S/C14H17Cl2NO/c1-18-13-8-10-3-2-6-14(13,17-10)9-4-5-11(15)12(16)7-9/h4-5,7,10,13,17H,2-3,6,8H2,1H3. The molecule has 18 heavy (non-hydrogen) atoms. The molecule has 2 fully saturated rings. The Morgan fingerprint density at radius 2 is 2.17 bits per heavy atom. The second-order valence-corrected chi connectivity index (χ2v) is 6.11. The number of rotatable bonds is 2. The fourth-order valence-electron chi connectivity index (χ4n) is 3.51. The molecule has 2 heterocycles. The van der Waals surface area contributed by atoms with Crippen LogP contribution in [0.3, 0.4) is 0 Å². The molecule has 0 aliphatic carbocycles. The number of ether oxygens (including phenoxy) is 1. The highest BCUT2D eigenvalue weighted by molar-refractivity contribution is 6.42. The molecule has 1 N–H and O–H groups in total. The van der Waals surface area contributed by atoms with Crippen molar-refractivity contribution in [2.24, 2.45) is 0 Å². The minimum atomic E-state index is -0.0775. The van der Waals surface area contributed by atoms with Crippen LogP contribution < -0.4 is 5.32 Å². The van der Waals surface area contributed by atoms with E-state index in [4.69, 9.17) is 27.9 Å². The third-order valence-electron chi connectivity index (χ3n) is 4.35. The summed E-state index contributed by atoms with van der Waals surface area (Å²) >= 11 is 12.2. The van der Waals surface area contributed by atoms with Gasteiger partial charge in [-0.3, -0.25) is 0 Å². The van der Waals surface area contributed by atoms with Gasteiger partial charge in [0.2, 0.25) is 0 Å². The van der Waals surface area contributed by atoms with Crippen molar-refractivity contribution in [3.63, 3.8) is 0 Å². The number of halogens is 2. The van der Waals surface area contributed by atoms with Crippen LogP contribution in [-0.4, -0.2) is 19.3 Å². The molecule has 98 valence electrons. The van der Waals surface area contributed by atoms with Crippen molar-refractivity contribution < 1.29 is 4.74 Å². The van der Waals surface area contributed by atoms with Crippen molar-refractivity contribution in [1.82, 2.24) is 5.32 Å². The van der Waals surface area contributed by atoms with Crippen molar-refractivity contribution >= 4 is 23.2 Å². The predicted octanol–water partition coefficient (Wildman–Crippen LogP) is 3.75. The van der Waals surface area contributed by atoms with Crippen LogP contribution in [0.5, 0.6) is 0 Å². The molecule has 3 atom stereocenters. The fourth-order valence-corrected chi connectivity index (χ4v) is 3.81. The Kier molecular flexibility index (Phi) is 3.31. The van der Waals surface area contributed by atoms with Crippen molar-refractivity contribution in [1.29, 1.82) is 0 Å². The lowest BCUT2D eigenvalue weighted by molar-refractivity contribution is 0.0393. The van der Waals surface area contributed by atoms with Gasteiger partial charge in [-0.25, -0.2) is 0 Å². The molecule has 0 saturated carbocycles. The zero-order chi connectivity index (χ0) is 12.8. The van der Waals surface area contributed by atoms with Gasteiger partial charge in [0.05, 0.1) is 21.7 Å².